The summed E-state index contributed by atoms with van der Waals surface area (Å²) in [4.78, 5) is 1.68. The minimum absolute atomic E-state index is 0.117. The molecule has 0 amide bonds. The molecule has 132 valence electrons. The minimum atomic E-state index is -4.77. The van der Waals surface area contributed by atoms with E-state index in [1.54, 1.807) is 36.2 Å². The first-order chi connectivity index (χ1) is 11.7. The second-order valence-electron chi connectivity index (χ2n) is 5.44. The summed E-state index contributed by atoms with van der Waals surface area (Å²) in [6, 6.07) is 11.9. The number of alkyl halides is 3. The van der Waals surface area contributed by atoms with Gasteiger partial charge in [-0.1, -0.05) is 24.3 Å². The van der Waals surface area contributed by atoms with Gasteiger partial charge in [-0.3, -0.25) is 0 Å². The summed E-state index contributed by atoms with van der Waals surface area (Å²) in [5.41, 5.74) is 0.987. The molecule has 0 atom stereocenters. The lowest BCUT2D eigenvalue weighted by Crippen LogP contribution is -2.26. The smallest absolute Gasteiger partial charge is 0.406 e. The van der Waals surface area contributed by atoms with Crippen LogP contribution in [0, 0.1) is 0 Å². The molecule has 2 aromatic carbocycles. The Morgan fingerprint density at radius 1 is 1.12 bits per heavy atom. The van der Waals surface area contributed by atoms with Crippen LogP contribution >= 0.6 is 0 Å². The third kappa shape index (κ3) is 3.76. The van der Waals surface area contributed by atoms with E-state index in [1.807, 2.05) is 0 Å². The number of benzene rings is 2. The van der Waals surface area contributed by atoms with Gasteiger partial charge >= 0.3 is 6.36 Å². The predicted molar refractivity (Wildman–Crippen MR) is 84.8 cm³/mol. The number of hydrogen-bond acceptors (Lipinski definition) is 4. The van der Waals surface area contributed by atoms with Gasteiger partial charge in [0, 0.05) is 19.2 Å². The fourth-order valence-electron chi connectivity index (χ4n) is 2.55. The van der Waals surface area contributed by atoms with Crippen LogP contribution in [0.2, 0.25) is 0 Å². The van der Waals surface area contributed by atoms with Crippen LogP contribution < -0.4 is 4.74 Å². The largest absolute Gasteiger partial charge is 0.573 e. The van der Waals surface area contributed by atoms with Crippen molar-refractivity contribution < 1.29 is 26.3 Å². The standard InChI is InChI=1S/C16H13F3N2O3S/c1-21(10-11-5-4-6-12(9-11)24-16(17,18)19)15-13-7-2-3-8-14(13)25(22,23)20-15/h2-9H,10H2,1H3. The molecule has 1 heterocycles. The number of nitrogens with zero attached hydrogens (tertiary/aromatic N) is 2. The summed E-state index contributed by atoms with van der Waals surface area (Å²) >= 11 is 0. The third-order valence-corrected chi connectivity index (χ3v) is 4.85. The van der Waals surface area contributed by atoms with Crippen LogP contribution in [0.5, 0.6) is 5.75 Å². The number of ether oxygens (including phenoxy) is 1. The average Bonchev–Trinajstić information content (AvgIpc) is 2.78. The zero-order valence-electron chi connectivity index (χ0n) is 13.0. The van der Waals surface area contributed by atoms with Crippen molar-refractivity contribution in [3.63, 3.8) is 0 Å². The highest BCUT2D eigenvalue weighted by Gasteiger charge is 2.32. The Bertz CT molecular complexity index is 940. The van der Waals surface area contributed by atoms with Crippen molar-refractivity contribution in [1.29, 1.82) is 0 Å². The molecule has 0 saturated heterocycles. The molecular formula is C16H13F3N2O3S. The van der Waals surface area contributed by atoms with Crippen molar-refractivity contribution >= 4 is 15.9 Å². The molecule has 0 unspecified atom stereocenters. The van der Waals surface area contributed by atoms with E-state index in [9.17, 15) is 21.6 Å². The third-order valence-electron chi connectivity index (χ3n) is 3.53. The first kappa shape index (κ1) is 17.3. The van der Waals surface area contributed by atoms with Crippen molar-refractivity contribution in [2.75, 3.05) is 7.05 Å². The monoisotopic (exact) mass is 370 g/mol. The Balaban J connectivity index is 1.84. The molecule has 0 spiro atoms. The van der Waals surface area contributed by atoms with Crippen molar-refractivity contribution in [3.8, 4) is 5.75 Å². The van der Waals surface area contributed by atoms with E-state index in [0.29, 0.717) is 11.1 Å². The van der Waals surface area contributed by atoms with Gasteiger partial charge in [0.1, 0.15) is 10.6 Å². The van der Waals surface area contributed by atoms with Gasteiger partial charge < -0.3 is 9.64 Å². The van der Waals surface area contributed by atoms with Gasteiger partial charge in [0.25, 0.3) is 10.0 Å². The summed E-state index contributed by atoms with van der Waals surface area (Å²) in [6.45, 7) is 0.164. The SMILES string of the molecule is CN(Cc1cccc(OC(F)(F)F)c1)C1=NS(=O)(=O)c2ccccc21. The average molecular weight is 370 g/mol. The maximum Gasteiger partial charge on any atom is 0.573 e. The highest BCUT2D eigenvalue weighted by molar-refractivity contribution is 7.90. The molecule has 0 saturated carbocycles. The summed E-state index contributed by atoms with van der Waals surface area (Å²) in [6.07, 6.45) is -4.77. The second kappa shape index (κ2) is 6.07. The van der Waals surface area contributed by atoms with E-state index in [-0.39, 0.29) is 23.0 Å². The molecule has 2 aromatic rings. The Labute approximate surface area is 142 Å². The maximum absolute atomic E-state index is 12.3. The van der Waals surface area contributed by atoms with Gasteiger partial charge in [-0.25, -0.2) is 0 Å². The van der Waals surface area contributed by atoms with Gasteiger partial charge in [-0.05, 0) is 29.8 Å². The lowest BCUT2D eigenvalue weighted by molar-refractivity contribution is -0.274. The first-order valence-electron chi connectivity index (χ1n) is 7.16. The molecule has 3 rings (SSSR count). The van der Waals surface area contributed by atoms with E-state index in [0.717, 1.165) is 0 Å². The number of hydrogen-bond donors (Lipinski definition) is 0. The topological polar surface area (TPSA) is 59.0 Å². The Hall–Kier alpha value is -2.55. The van der Waals surface area contributed by atoms with Gasteiger partial charge in [-0.15, -0.1) is 17.6 Å². The van der Waals surface area contributed by atoms with Crippen molar-refractivity contribution in [1.82, 2.24) is 4.90 Å². The number of amidine groups is 1. The maximum atomic E-state index is 12.3. The highest BCUT2D eigenvalue weighted by atomic mass is 32.2. The van der Waals surface area contributed by atoms with E-state index >= 15 is 0 Å². The van der Waals surface area contributed by atoms with Crippen LogP contribution in [-0.2, 0) is 16.6 Å². The fourth-order valence-corrected chi connectivity index (χ4v) is 3.81. The fraction of sp³-hybridized carbons (Fsp3) is 0.188. The summed E-state index contributed by atoms with van der Waals surface area (Å²) in [5.74, 6) is -0.0856. The first-order valence-corrected chi connectivity index (χ1v) is 8.60. The molecule has 0 fully saturated rings. The van der Waals surface area contributed by atoms with Gasteiger partial charge in [-0.2, -0.15) is 8.42 Å². The van der Waals surface area contributed by atoms with Crippen LogP contribution in [-0.4, -0.2) is 32.6 Å². The zero-order valence-corrected chi connectivity index (χ0v) is 13.8. The summed E-state index contributed by atoms with van der Waals surface area (Å²) in [7, 11) is -2.13. The van der Waals surface area contributed by atoms with Crippen LogP contribution in [0.15, 0.2) is 57.8 Å². The highest BCUT2D eigenvalue weighted by Crippen LogP contribution is 2.28. The predicted octanol–water partition coefficient (Wildman–Crippen LogP) is 3.17. The summed E-state index contributed by atoms with van der Waals surface area (Å²) in [5, 5.41) is 0. The number of fused-ring (bicyclic) bond motifs is 1. The van der Waals surface area contributed by atoms with Crippen LogP contribution in [0.3, 0.4) is 0 Å². The number of sulfonamides is 1. The van der Waals surface area contributed by atoms with Crippen molar-refractivity contribution in [2.45, 2.75) is 17.8 Å². The minimum Gasteiger partial charge on any atom is -0.406 e. The quantitative estimate of drug-likeness (QED) is 0.833. The van der Waals surface area contributed by atoms with E-state index < -0.39 is 16.4 Å². The van der Waals surface area contributed by atoms with Gasteiger partial charge in [0.05, 0.1) is 0 Å². The molecule has 0 bridgehead atoms. The molecule has 25 heavy (non-hydrogen) atoms. The molecule has 0 aliphatic carbocycles. The number of rotatable bonds is 3. The Morgan fingerprint density at radius 3 is 2.56 bits per heavy atom. The lowest BCUT2D eigenvalue weighted by Gasteiger charge is -2.19. The van der Waals surface area contributed by atoms with Crippen molar-refractivity contribution in [2.24, 2.45) is 4.40 Å². The second-order valence-corrected chi connectivity index (χ2v) is 7.01. The molecule has 0 aromatic heterocycles. The van der Waals surface area contributed by atoms with Crippen LogP contribution in [0.25, 0.3) is 0 Å². The van der Waals surface area contributed by atoms with E-state index in [1.165, 1.54) is 24.3 Å². The lowest BCUT2D eigenvalue weighted by atomic mass is 10.1. The molecule has 9 heteroatoms. The molecule has 0 N–H and O–H groups in total. The molecule has 1 aliphatic rings. The van der Waals surface area contributed by atoms with E-state index in [2.05, 4.69) is 9.13 Å². The van der Waals surface area contributed by atoms with Gasteiger partial charge in [0.2, 0.25) is 0 Å². The zero-order chi connectivity index (χ0) is 18.2. The molecule has 0 radical (unpaired) electrons. The molecular weight excluding hydrogens is 357 g/mol. The van der Waals surface area contributed by atoms with E-state index in [4.69, 9.17) is 0 Å². The van der Waals surface area contributed by atoms with Crippen LogP contribution in [0.4, 0.5) is 13.2 Å². The Kier molecular flexibility index (Phi) is 4.19. The molecule has 1 aliphatic heterocycles. The van der Waals surface area contributed by atoms with Crippen LogP contribution in [0.1, 0.15) is 11.1 Å². The summed E-state index contributed by atoms with van der Waals surface area (Å²) < 4.78 is 68.7. The Morgan fingerprint density at radius 2 is 1.84 bits per heavy atom. The normalized spacial score (nSPS) is 15.4. The molecule has 5 nitrogen and oxygen atoms in total. The van der Waals surface area contributed by atoms with Crippen molar-refractivity contribution in [3.05, 3.63) is 59.7 Å². The van der Waals surface area contributed by atoms with Gasteiger partial charge in [0.15, 0.2) is 5.84 Å². The number of halogens is 3.